The molecule has 7 nitrogen and oxygen atoms in total. The van der Waals surface area contributed by atoms with Crippen LogP contribution in [0.2, 0.25) is 0 Å². The van der Waals surface area contributed by atoms with Crippen molar-refractivity contribution in [2.75, 3.05) is 18.4 Å². The maximum absolute atomic E-state index is 12.6. The molecule has 0 bridgehead atoms. The summed E-state index contributed by atoms with van der Waals surface area (Å²) in [6, 6.07) is 13.1. The van der Waals surface area contributed by atoms with E-state index in [4.69, 9.17) is 0 Å². The Balaban J connectivity index is 1.42. The molecule has 28 heavy (non-hydrogen) atoms. The lowest BCUT2D eigenvalue weighted by molar-refractivity contribution is 0.0945. The third-order valence-corrected chi connectivity index (χ3v) is 4.51. The van der Waals surface area contributed by atoms with E-state index in [0.717, 1.165) is 23.7 Å². The van der Waals surface area contributed by atoms with E-state index in [-0.39, 0.29) is 11.8 Å². The molecular formula is C21H21N5O2. The number of aromatic nitrogens is 2. The molecule has 2 heterocycles. The second-order valence-electron chi connectivity index (χ2n) is 6.74. The van der Waals surface area contributed by atoms with E-state index in [1.54, 1.807) is 24.4 Å². The van der Waals surface area contributed by atoms with Gasteiger partial charge in [-0.05, 0) is 37.1 Å². The zero-order chi connectivity index (χ0) is 19.3. The molecule has 2 aromatic heterocycles. The predicted molar refractivity (Wildman–Crippen MR) is 107 cm³/mol. The maximum Gasteiger partial charge on any atom is 0.252 e. The fourth-order valence-electron chi connectivity index (χ4n) is 2.91. The van der Waals surface area contributed by atoms with Gasteiger partial charge in [-0.1, -0.05) is 18.2 Å². The smallest absolute Gasteiger partial charge is 0.252 e. The molecule has 0 aliphatic heterocycles. The second-order valence-corrected chi connectivity index (χ2v) is 6.74. The number of carbonyl (C=O) groups excluding carboxylic acids is 2. The van der Waals surface area contributed by atoms with Gasteiger partial charge in [-0.3, -0.25) is 14.6 Å². The van der Waals surface area contributed by atoms with Crippen molar-refractivity contribution in [2.24, 2.45) is 0 Å². The number of pyridine rings is 2. The number of fused-ring (bicyclic) bond motifs is 1. The quantitative estimate of drug-likeness (QED) is 0.551. The van der Waals surface area contributed by atoms with E-state index in [2.05, 4.69) is 25.9 Å². The number of hydrogen-bond donors (Lipinski definition) is 3. The summed E-state index contributed by atoms with van der Waals surface area (Å²) in [5.74, 6) is 0.357. The Bertz CT molecular complexity index is 1000. The van der Waals surface area contributed by atoms with Gasteiger partial charge in [0.25, 0.3) is 11.8 Å². The third kappa shape index (κ3) is 4.25. The molecule has 0 spiro atoms. The molecule has 1 aliphatic rings. The van der Waals surface area contributed by atoms with Crippen molar-refractivity contribution in [3.05, 3.63) is 66.0 Å². The van der Waals surface area contributed by atoms with Crippen LogP contribution in [0.4, 0.5) is 5.82 Å². The van der Waals surface area contributed by atoms with Crippen LogP contribution in [0.3, 0.4) is 0 Å². The van der Waals surface area contributed by atoms with Crippen LogP contribution in [0.15, 0.2) is 54.9 Å². The zero-order valence-corrected chi connectivity index (χ0v) is 15.3. The molecular weight excluding hydrogens is 354 g/mol. The first kappa shape index (κ1) is 17.9. The molecule has 0 saturated heterocycles. The van der Waals surface area contributed by atoms with Gasteiger partial charge in [0.15, 0.2) is 0 Å². The van der Waals surface area contributed by atoms with Gasteiger partial charge in [-0.15, -0.1) is 0 Å². The van der Waals surface area contributed by atoms with Gasteiger partial charge in [0.05, 0.1) is 16.6 Å². The number of benzene rings is 1. The number of amides is 2. The minimum Gasteiger partial charge on any atom is -0.368 e. The van der Waals surface area contributed by atoms with Crippen LogP contribution in [-0.2, 0) is 0 Å². The molecule has 1 fully saturated rings. The number of rotatable bonds is 7. The first-order chi connectivity index (χ1) is 13.7. The molecule has 1 aliphatic carbocycles. The molecule has 4 rings (SSSR count). The molecule has 2 amide bonds. The maximum atomic E-state index is 12.6. The summed E-state index contributed by atoms with van der Waals surface area (Å²) in [5, 5.41) is 9.88. The van der Waals surface area contributed by atoms with Crippen LogP contribution in [0.5, 0.6) is 0 Å². The Morgan fingerprint density at radius 2 is 1.89 bits per heavy atom. The van der Waals surface area contributed by atoms with Crippen LogP contribution < -0.4 is 16.0 Å². The van der Waals surface area contributed by atoms with E-state index in [1.165, 1.54) is 6.20 Å². The summed E-state index contributed by atoms with van der Waals surface area (Å²) >= 11 is 0. The van der Waals surface area contributed by atoms with Gasteiger partial charge in [0.2, 0.25) is 0 Å². The molecule has 1 aromatic carbocycles. The number of para-hydroxylation sites is 1. The number of carbonyl (C=O) groups is 2. The minimum absolute atomic E-state index is 0.0750. The van der Waals surface area contributed by atoms with E-state index >= 15 is 0 Å². The first-order valence-corrected chi connectivity index (χ1v) is 9.33. The predicted octanol–water partition coefficient (Wildman–Crippen LogP) is 2.36. The average molecular weight is 375 g/mol. The molecule has 0 atom stereocenters. The highest BCUT2D eigenvalue weighted by Crippen LogP contribution is 2.23. The van der Waals surface area contributed by atoms with Crippen LogP contribution in [0.1, 0.15) is 33.6 Å². The number of nitrogens with zero attached hydrogens (tertiary/aromatic N) is 2. The van der Waals surface area contributed by atoms with Gasteiger partial charge in [-0.25, -0.2) is 4.98 Å². The van der Waals surface area contributed by atoms with Gasteiger partial charge in [0, 0.05) is 36.9 Å². The lowest BCUT2D eigenvalue weighted by atomic mass is 10.1. The summed E-state index contributed by atoms with van der Waals surface area (Å²) in [7, 11) is 0. The summed E-state index contributed by atoms with van der Waals surface area (Å²) in [6.45, 7) is 0.910. The van der Waals surface area contributed by atoms with E-state index in [1.807, 2.05) is 24.3 Å². The summed E-state index contributed by atoms with van der Waals surface area (Å²) in [6.07, 6.45) is 5.23. The zero-order valence-electron chi connectivity index (χ0n) is 15.3. The van der Waals surface area contributed by atoms with Crippen molar-refractivity contribution < 1.29 is 9.59 Å². The largest absolute Gasteiger partial charge is 0.368 e. The van der Waals surface area contributed by atoms with E-state index in [9.17, 15) is 9.59 Å². The molecule has 142 valence electrons. The van der Waals surface area contributed by atoms with Crippen molar-refractivity contribution in [1.29, 1.82) is 0 Å². The summed E-state index contributed by atoms with van der Waals surface area (Å²) in [5.41, 5.74) is 1.89. The number of hydrogen-bond acceptors (Lipinski definition) is 5. The second kappa shape index (κ2) is 8.04. The Labute approximate surface area is 162 Å². The fraction of sp³-hybridized carbons (Fsp3) is 0.238. The lowest BCUT2D eigenvalue weighted by Crippen LogP contribution is -2.29. The topological polar surface area (TPSA) is 96.0 Å². The monoisotopic (exact) mass is 375 g/mol. The number of anilines is 1. The summed E-state index contributed by atoms with van der Waals surface area (Å²) < 4.78 is 0. The molecule has 3 aromatic rings. The average Bonchev–Trinajstić information content (AvgIpc) is 3.55. The van der Waals surface area contributed by atoms with Gasteiger partial charge >= 0.3 is 0 Å². The van der Waals surface area contributed by atoms with Crippen molar-refractivity contribution in [3.8, 4) is 0 Å². The fourth-order valence-corrected chi connectivity index (χ4v) is 2.91. The Hall–Kier alpha value is -3.48. The summed E-state index contributed by atoms with van der Waals surface area (Å²) in [4.78, 5) is 33.2. The SMILES string of the molecule is O=C(NCCNc1cc(C(=O)NC2CC2)c2ccccc2n1)c1cccnc1. The van der Waals surface area contributed by atoms with Crippen LogP contribution in [0, 0.1) is 0 Å². The molecule has 0 radical (unpaired) electrons. The molecule has 7 heteroatoms. The van der Waals surface area contributed by atoms with Crippen molar-refractivity contribution in [2.45, 2.75) is 18.9 Å². The van der Waals surface area contributed by atoms with Gasteiger partial charge in [-0.2, -0.15) is 0 Å². The van der Waals surface area contributed by atoms with E-state index in [0.29, 0.717) is 36.1 Å². The van der Waals surface area contributed by atoms with Crippen molar-refractivity contribution >= 4 is 28.5 Å². The normalized spacial score (nSPS) is 13.1. The van der Waals surface area contributed by atoms with Gasteiger partial charge < -0.3 is 16.0 Å². The minimum atomic E-state index is -0.175. The highest BCUT2D eigenvalue weighted by molar-refractivity contribution is 6.07. The van der Waals surface area contributed by atoms with Crippen molar-refractivity contribution in [1.82, 2.24) is 20.6 Å². The van der Waals surface area contributed by atoms with Crippen LogP contribution in [-0.4, -0.2) is 40.9 Å². The molecule has 1 saturated carbocycles. The molecule has 3 N–H and O–H groups in total. The van der Waals surface area contributed by atoms with E-state index < -0.39 is 0 Å². The van der Waals surface area contributed by atoms with Crippen LogP contribution >= 0.6 is 0 Å². The number of nitrogens with one attached hydrogen (secondary N) is 3. The Morgan fingerprint density at radius 3 is 2.68 bits per heavy atom. The molecule has 0 unspecified atom stereocenters. The highest BCUT2D eigenvalue weighted by Gasteiger charge is 2.25. The Kier molecular flexibility index (Phi) is 5.14. The van der Waals surface area contributed by atoms with Crippen LogP contribution in [0.25, 0.3) is 10.9 Å². The first-order valence-electron chi connectivity index (χ1n) is 9.33. The highest BCUT2D eigenvalue weighted by atomic mass is 16.2. The Morgan fingerprint density at radius 1 is 1.04 bits per heavy atom. The standard InChI is InChI=1S/C21H21N5O2/c27-20(14-4-3-9-22-13-14)24-11-10-23-19-12-17(21(28)25-15-7-8-15)16-5-1-2-6-18(16)26-19/h1-6,9,12-13,15H,7-8,10-11H2,(H,23,26)(H,24,27)(H,25,28). The third-order valence-electron chi connectivity index (χ3n) is 4.51. The lowest BCUT2D eigenvalue weighted by Gasteiger charge is -2.12. The van der Waals surface area contributed by atoms with Gasteiger partial charge in [0.1, 0.15) is 5.82 Å². The van der Waals surface area contributed by atoms with Crippen molar-refractivity contribution in [3.63, 3.8) is 0 Å².